The number of hydrogen-bond donors (Lipinski definition) is 0. The lowest BCUT2D eigenvalue weighted by Crippen LogP contribution is -2.17. The van der Waals surface area contributed by atoms with Crippen molar-refractivity contribution in [3.05, 3.63) is 28.5 Å². The third kappa shape index (κ3) is 0.898. The highest BCUT2D eigenvalue weighted by molar-refractivity contribution is 6.32. The van der Waals surface area contributed by atoms with Gasteiger partial charge in [0.2, 0.25) is 0 Å². The molecule has 4 heteroatoms. The highest BCUT2D eigenvalue weighted by atomic mass is 35.5. The summed E-state index contributed by atoms with van der Waals surface area (Å²) in [6, 6.07) is 1.70. The summed E-state index contributed by atoms with van der Waals surface area (Å²) in [5.74, 6) is -0.0486. The quantitative estimate of drug-likeness (QED) is 0.607. The molecule has 1 aromatic rings. The molecule has 0 unspecified atom stereocenters. The summed E-state index contributed by atoms with van der Waals surface area (Å²) in [5.41, 5.74) is 1.33. The molecule has 0 fully saturated rings. The van der Waals surface area contributed by atoms with Crippen LogP contribution in [-0.2, 0) is 6.54 Å². The minimum atomic E-state index is -0.0486. The van der Waals surface area contributed by atoms with Crippen LogP contribution in [0.3, 0.4) is 0 Å². The molecule has 1 aliphatic rings. The van der Waals surface area contributed by atoms with Crippen LogP contribution in [0.5, 0.6) is 0 Å². The van der Waals surface area contributed by atoms with Crippen molar-refractivity contribution in [1.82, 2.24) is 9.88 Å². The van der Waals surface area contributed by atoms with Gasteiger partial charge >= 0.3 is 0 Å². The van der Waals surface area contributed by atoms with Gasteiger partial charge in [-0.25, -0.2) is 0 Å². The zero-order chi connectivity index (χ0) is 8.72. The summed E-state index contributed by atoms with van der Waals surface area (Å²) in [5, 5.41) is 0.623. The van der Waals surface area contributed by atoms with Gasteiger partial charge in [-0.15, -0.1) is 0 Å². The van der Waals surface area contributed by atoms with E-state index < -0.39 is 0 Å². The zero-order valence-electron chi connectivity index (χ0n) is 6.54. The molecule has 0 bridgehead atoms. The van der Waals surface area contributed by atoms with E-state index in [0.29, 0.717) is 17.3 Å². The molecule has 0 N–H and O–H groups in total. The lowest BCUT2D eigenvalue weighted by molar-refractivity contribution is 0.0812. The number of carbonyl (C=O) groups excluding carboxylic acids is 1. The molecule has 2 heterocycles. The van der Waals surface area contributed by atoms with Crippen molar-refractivity contribution in [3.63, 3.8) is 0 Å². The topological polar surface area (TPSA) is 33.2 Å². The average Bonchev–Trinajstić information content (AvgIpc) is 2.32. The van der Waals surface area contributed by atoms with Crippen LogP contribution in [0.25, 0.3) is 0 Å². The Hall–Kier alpha value is -1.09. The molecule has 1 aromatic heterocycles. The Kier molecular flexibility index (Phi) is 1.54. The van der Waals surface area contributed by atoms with Gasteiger partial charge in [0, 0.05) is 30.4 Å². The van der Waals surface area contributed by atoms with Gasteiger partial charge in [0.25, 0.3) is 5.91 Å². The van der Waals surface area contributed by atoms with E-state index in [4.69, 9.17) is 11.6 Å². The first-order valence-corrected chi connectivity index (χ1v) is 3.97. The molecule has 0 radical (unpaired) electrons. The van der Waals surface area contributed by atoms with Crippen LogP contribution in [0.2, 0.25) is 5.02 Å². The van der Waals surface area contributed by atoms with Gasteiger partial charge in [0.05, 0.1) is 0 Å². The summed E-state index contributed by atoms with van der Waals surface area (Å²) in [6.07, 6.45) is 1.55. The Balaban J connectivity index is 2.61. The highest BCUT2D eigenvalue weighted by Gasteiger charge is 2.27. The lowest BCUT2D eigenvalue weighted by atomic mass is 10.2. The van der Waals surface area contributed by atoms with Gasteiger partial charge in [-0.2, -0.15) is 0 Å². The molecule has 0 spiro atoms. The molecular weight excluding hydrogens is 176 g/mol. The number of fused-ring (bicyclic) bond motifs is 1. The molecule has 0 saturated heterocycles. The monoisotopic (exact) mass is 182 g/mol. The maximum absolute atomic E-state index is 11.4. The van der Waals surface area contributed by atoms with E-state index >= 15 is 0 Å². The highest BCUT2D eigenvalue weighted by Crippen LogP contribution is 2.25. The van der Waals surface area contributed by atoms with Crippen LogP contribution in [-0.4, -0.2) is 22.8 Å². The van der Waals surface area contributed by atoms with Gasteiger partial charge in [-0.05, 0) is 6.07 Å². The van der Waals surface area contributed by atoms with E-state index in [1.54, 1.807) is 24.2 Å². The van der Waals surface area contributed by atoms with Crippen LogP contribution < -0.4 is 0 Å². The minimum Gasteiger partial charge on any atom is -0.336 e. The fraction of sp³-hybridized carbons (Fsp3) is 0.250. The molecule has 3 nitrogen and oxygen atoms in total. The van der Waals surface area contributed by atoms with Crippen molar-refractivity contribution in [1.29, 1.82) is 0 Å². The zero-order valence-corrected chi connectivity index (χ0v) is 7.30. The molecule has 2 rings (SSSR count). The third-order valence-corrected chi connectivity index (χ3v) is 2.30. The van der Waals surface area contributed by atoms with Crippen LogP contribution in [0, 0.1) is 0 Å². The Morgan fingerprint density at radius 2 is 2.42 bits per heavy atom. The number of nitrogens with zero attached hydrogens (tertiary/aromatic N) is 2. The summed E-state index contributed by atoms with van der Waals surface area (Å²) in [7, 11) is 1.74. The summed E-state index contributed by atoms with van der Waals surface area (Å²) in [4.78, 5) is 16.9. The van der Waals surface area contributed by atoms with Gasteiger partial charge in [-0.1, -0.05) is 11.6 Å². The smallest absolute Gasteiger partial charge is 0.272 e. The standard InChI is InChI=1S/C8H7ClN2O/c1-11-4-5-6(9)2-3-10-7(5)8(11)12/h2-3H,4H2,1H3. The van der Waals surface area contributed by atoms with Gasteiger partial charge in [-0.3, -0.25) is 9.78 Å². The maximum atomic E-state index is 11.4. The normalized spacial score (nSPS) is 15.2. The molecule has 1 aliphatic heterocycles. The second kappa shape index (κ2) is 2.45. The van der Waals surface area contributed by atoms with E-state index in [9.17, 15) is 4.79 Å². The first-order chi connectivity index (χ1) is 5.70. The van der Waals surface area contributed by atoms with Crippen molar-refractivity contribution in [2.24, 2.45) is 0 Å². The number of carbonyl (C=O) groups is 1. The largest absolute Gasteiger partial charge is 0.336 e. The predicted octanol–water partition coefficient (Wildman–Crippen LogP) is 1.32. The molecule has 62 valence electrons. The Morgan fingerprint density at radius 3 is 3.08 bits per heavy atom. The van der Waals surface area contributed by atoms with Gasteiger partial charge in [0.15, 0.2) is 0 Å². The van der Waals surface area contributed by atoms with Crippen LogP contribution in [0.15, 0.2) is 12.3 Å². The molecular formula is C8H7ClN2O. The van der Waals surface area contributed by atoms with Crippen LogP contribution in [0.4, 0.5) is 0 Å². The molecule has 0 aliphatic carbocycles. The number of rotatable bonds is 0. The number of aromatic nitrogens is 1. The SMILES string of the molecule is CN1Cc2c(Cl)ccnc2C1=O. The van der Waals surface area contributed by atoms with Crippen molar-refractivity contribution >= 4 is 17.5 Å². The summed E-state index contributed by atoms with van der Waals surface area (Å²) < 4.78 is 0. The van der Waals surface area contributed by atoms with Crippen molar-refractivity contribution in [2.45, 2.75) is 6.54 Å². The van der Waals surface area contributed by atoms with E-state index in [1.165, 1.54) is 0 Å². The average molecular weight is 183 g/mol. The Morgan fingerprint density at radius 1 is 1.67 bits per heavy atom. The van der Waals surface area contributed by atoms with Gasteiger partial charge < -0.3 is 4.90 Å². The van der Waals surface area contributed by atoms with E-state index in [-0.39, 0.29) is 5.91 Å². The first kappa shape index (κ1) is 7.55. The lowest BCUT2D eigenvalue weighted by Gasteiger charge is -2.04. The fourth-order valence-electron chi connectivity index (χ4n) is 1.29. The van der Waals surface area contributed by atoms with E-state index in [2.05, 4.69) is 4.98 Å². The first-order valence-electron chi connectivity index (χ1n) is 3.59. The Labute approximate surface area is 75.0 Å². The summed E-state index contributed by atoms with van der Waals surface area (Å²) >= 11 is 5.88. The van der Waals surface area contributed by atoms with Crippen molar-refractivity contribution < 1.29 is 4.79 Å². The number of pyridine rings is 1. The van der Waals surface area contributed by atoms with Crippen LogP contribution >= 0.6 is 11.6 Å². The summed E-state index contributed by atoms with van der Waals surface area (Å²) in [6.45, 7) is 0.570. The van der Waals surface area contributed by atoms with E-state index in [0.717, 1.165) is 5.56 Å². The number of hydrogen-bond acceptors (Lipinski definition) is 2. The number of halogens is 1. The fourth-order valence-corrected chi connectivity index (χ4v) is 1.50. The molecule has 0 atom stereocenters. The minimum absolute atomic E-state index is 0.0486. The molecule has 0 aromatic carbocycles. The van der Waals surface area contributed by atoms with Crippen LogP contribution in [0.1, 0.15) is 16.1 Å². The third-order valence-electron chi connectivity index (χ3n) is 1.94. The molecule has 12 heavy (non-hydrogen) atoms. The van der Waals surface area contributed by atoms with E-state index in [1.807, 2.05) is 0 Å². The second-order valence-corrected chi connectivity index (χ2v) is 3.19. The van der Waals surface area contributed by atoms with Gasteiger partial charge in [0.1, 0.15) is 5.69 Å². The second-order valence-electron chi connectivity index (χ2n) is 2.78. The Bertz CT molecular complexity index is 351. The molecule has 0 saturated carbocycles. The van der Waals surface area contributed by atoms with Crippen molar-refractivity contribution in [3.8, 4) is 0 Å². The predicted molar refractivity (Wildman–Crippen MR) is 45.0 cm³/mol. The number of amides is 1. The maximum Gasteiger partial charge on any atom is 0.272 e. The molecule has 1 amide bonds. The van der Waals surface area contributed by atoms with Crippen molar-refractivity contribution in [2.75, 3.05) is 7.05 Å².